The Kier molecular flexibility index (Phi) is 3.44. The number of hydrogen-bond acceptors (Lipinski definition) is 1. The molecule has 0 aliphatic heterocycles. The van der Waals surface area contributed by atoms with Crippen LogP contribution in [0.15, 0.2) is 18.2 Å². The van der Waals surface area contributed by atoms with E-state index in [1.54, 1.807) is 0 Å². The van der Waals surface area contributed by atoms with Crippen molar-refractivity contribution in [2.75, 3.05) is 6.61 Å². The summed E-state index contributed by atoms with van der Waals surface area (Å²) in [6.07, 6.45) is -4.73. The van der Waals surface area contributed by atoms with Crippen LogP contribution in [0.1, 0.15) is 11.1 Å². The highest BCUT2D eigenvalue weighted by Crippen LogP contribution is 2.37. The summed E-state index contributed by atoms with van der Waals surface area (Å²) in [6.45, 7) is -1.60. The predicted octanol–water partition coefficient (Wildman–Crippen LogP) is 3.44. The number of hydrogen-bond donors (Lipinski definition) is 1. The minimum absolute atomic E-state index is 0.235. The van der Waals surface area contributed by atoms with Crippen molar-refractivity contribution in [2.45, 2.75) is 12.1 Å². The molecule has 0 spiro atoms. The van der Waals surface area contributed by atoms with Crippen LogP contribution in [-0.2, 0) is 12.1 Å². The fourth-order valence-corrected chi connectivity index (χ4v) is 1.32. The second-order valence-electron chi connectivity index (χ2n) is 3.05. The number of rotatable bonds is 2. The van der Waals surface area contributed by atoms with Crippen molar-refractivity contribution in [3.05, 3.63) is 34.3 Å². The minimum atomic E-state index is -4.73. The van der Waals surface area contributed by atoms with Crippen molar-refractivity contribution in [2.24, 2.45) is 0 Å². The van der Waals surface area contributed by atoms with Crippen molar-refractivity contribution in [1.29, 1.82) is 0 Å². The first-order chi connectivity index (χ1) is 7.18. The molecule has 16 heavy (non-hydrogen) atoms. The highest BCUT2D eigenvalue weighted by molar-refractivity contribution is 6.31. The molecule has 1 aromatic carbocycles. The Balaban J connectivity index is 3.30. The highest BCUT2D eigenvalue weighted by Gasteiger charge is 2.37. The first kappa shape index (κ1) is 13.2. The van der Waals surface area contributed by atoms with Gasteiger partial charge in [-0.3, -0.25) is 0 Å². The lowest BCUT2D eigenvalue weighted by atomic mass is 10.1. The van der Waals surface area contributed by atoms with Gasteiger partial charge in [-0.25, -0.2) is 0 Å². The van der Waals surface area contributed by atoms with Crippen LogP contribution in [0, 0.1) is 0 Å². The quantitative estimate of drug-likeness (QED) is 0.808. The van der Waals surface area contributed by atoms with Gasteiger partial charge in [0.05, 0.1) is 5.56 Å². The van der Waals surface area contributed by atoms with Crippen molar-refractivity contribution in [1.82, 2.24) is 0 Å². The zero-order valence-corrected chi connectivity index (χ0v) is 8.41. The molecule has 1 nitrogen and oxygen atoms in total. The van der Waals surface area contributed by atoms with Crippen LogP contribution in [0.2, 0.25) is 5.02 Å². The number of aliphatic hydroxyl groups excluding tert-OH is 1. The third kappa shape index (κ3) is 2.62. The monoisotopic (exact) mass is 260 g/mol. The van der Waals surface area contributed by atoms with Crippen molar-refractivity contribution in [3.63, 3.8) is 0 Å². The molecule has 1 N–H and O–H groups in total. The van der Waals surface area contributed by atoms with Crippen LogP contribution in [-0.4, -0.2) is 11.7 Å². The Morgan fingerprint density at radius 3 is 2.12 bits per heavy atom. The van der Waals surface area contributed by atoms with Crippen LogP contribution in [0.5, 0.6) is 0 Å². The summed E-state index contributed by atoms with van der Waals surface area (Å²) in [5, 5.41) is 7.85. The smallest absolute Gasteiger partial charge is 0.390 e. The Bertz CT molecular complexity index is 388. The second-order valence-corrected chi connectivity index (χ2v) is 3.46. The van der Waals surface area contributed by atoms with Gasteiger partial charge >= 0.3 is 6.18 Å². The fraction of sp³-hybridized carbons (Fsp3) is 0.333. The minimum Gasteiger partial charge on any atom is -0.390 e. The number of alkyl halides is 5. The van der Waals surface area contributed by atoms with E-state index in [-0.39, 0.29) is 6.07 Å². The van der Waals surface area contributed by atoms with E-state index in [0.717, 1.165) is 6.07 Å². The van der Waals surface area contributed by atoms with Gasteiger partial charge in [0.25, 0.3) is 5.92 Å². The zero-order chi connectivity index (χ0) is 12.6. The maximum absolute atomic E-state index is 13.0. The molecule has 0 heterocycles. The average molecular weight is 261 g/mol. The van der Waals surface area contributed by atoms with E-state index >= 15 is 0 Å². The Morgan fingerprint density at radius 1 is 1.12 bits per heavy atom. The molecule has 0 radical (unpaired) electrons. The molecule has 0 fully saturated rings. The topological polar surface area (TPSA) is 20.2 Å². The summed E-state index contributed by atoms with van der Waals surface area (Å²) in [7, 11) is 0. The van der Waals surface area contributed by atoms with Gasteiger partial charge in [0.1, 0.15) is 6.61 Å². The largest absolute Gasteiger partial charge is 0.416 e. The van der Waals surface area contributed by atoms with E-state index < -0.39 is 34.9 Å². The van der Waals surface area contributed by atoms with Gasteiger partial charge in [0, 0.05) is 10.6 Å². The third-order valence-corrected chi connectivity index (χ3v) is 2.22. The van der Waals surface area contributed by atoms with E-state index in [2.05, 4.69) is 0 Å². The molecule has 0 saturated carbocycles. The summed E-state index contributed by atoms with van der Waals surface area (Å²) in [6, 6.07) is 1.56. The summed E-state index contributed by atoms with van der Waals surface area (Å²) < 4.78 is 62.7. The molecule has 0 atom stereocenters. The van der Waals surface area contributed by atoms with Gasteiger partial charge in [-0.15, -0.1) is 0 Å². The lowest BCUT2D eigenvalue weighted by Gasteiger charge is -2.17. The zero-order valence-electron chi connectivity index (χ0n) is 7.65. The predicted molar refractivity (Wildman–Crippen MR) is 47.4 cm³/mol. The average Bonchev–Trinajstić information content (AvgIpc) is 2.16. The van der Waals surface area contributed by atoms with Crippen molar-refractivity contribution >= 4 is 11.6 Å². The molecule has 1 aromatic rings. The van der Waals surface area contributed by atoms with Gasteiger partial charge < -0.3 is 5.11 Å². The second kappa shape index (κ2) is 4.18. The Labute approximate surface area is 92.5 Å². The Morgan fingerprint density at radius 2 is 1.69 bits per heavy atom. The first-order valence-electron chi connectivity index (χ1n) is 4.04. The van der Waals surface area contributed by atoms with Crippen molar-refractivity contribution in [3.8, 4) is 0 Å². The van der Waals surface area contributed by atoms with Crippen LogP contribution in [0.4, 0.5) is 22.0 Å². The van der Waals surface area contributed by atoms with Gasteiger partial charge in [-0.1, -0.05) is 11.6 Å². The van der Waals surface area contributed by atoms with E-state index in [1.165, 1.54) is 0 Å². The van der Waals surface area contributed by atoms with Crippen LogP contribution in [0.25, 0.3) is 0 Å². The van der Waals surface area contributed by atoms with Gasteiger partial charge in [0.15, 0.2) is 0 Å². The van der Waals surface area contributed by atoms with Gasteiger partial charge in [-0.05, 0) is 18.2 Å². The molecule has 0 bridgehead atoms. The number of aliphatic hydroxyl groups is 1. The molecular weight excluding hydrogens is 255 g/mol. The molecule has 7 heteroatoms. The SMILES string of the molecule is OCC(F)(F)c1cc(C(F)(F)F)ccc1Cl. The molecule has 0 amide bonds. The maximum atomic E-state index is 13.0. The summed E-state index contributed by atoms with van der Waals surface area (Å²) >= 11 is 5.35. The number of benzene rings is 1. The van der Waals surface area contributed by atoms with Crippen LogP contribution < -0.4 is 0 Å². The van der Waals surface area contributed by atoms with Crippen LogP contribution in [0.3, 0.4) is 0 Å². The normalized spacial score (nSPS) is 12.9. The molecule has 90 valence electrons. The van der Waals surface area contributed by atoms with Crippen LogP contribution >= 0.6 is 11.6 Å². The van der Waals surface area contributed by atoms with E-state index in [9.17, 15) is 22.0 Å². The molecule has 0 saturated heterocycles. The summed E-state index contributed by atoms with van der Waals surface area (Å²) in [5.74, 6) is -3.79. The van der Waals surface area contributed by atoms with E-state index in [0.29, 0.717) is 6.07 Å². The maximum Gasteiger partial charge on any atom is 0.416 e. The highest BCUT2D eigenvalue weighted by atomic mass is 35.5. The fourth-order valence-electron chi connectivity index (χ4n) is 1.07. The molecular formula is C9H6ClF5O. The standard InChI is InChI=1S/C9H6ClF5O/c10-7-2-1-5(9(13,14)15)3-6(7)8(11,12)4-16/h1-3,16H,4H2. The number of halogens is 6. The van der Waals surface area contributed by atoms with E-state index in [1.807, 2.05) is 0 Å². The third-order valence-electron chi connectivity index (χ3n) is 1.89. The summed E-state index contributed by atoms with van der Waals surface area (Å²) in [5.41, 5.74) is -2.27. The lowest BCUT2D eigenvalue weighted by Crippen LogP contribution is -2.20. The molecule has 0 unspecified atom stereocenters. The Hall–Kier alpha value is -0.880. The van der Waals surface area contributed by atoms with Gasteiger partial charge in [-0.2, -0.15) is 22.0 Å². The molecule has 0 aromatic heterocycles. The summed E-state index contributed by atoms with van der Waals surface area (Å²) in [4.78, 5) is 0. The molecule has 0 aliphatic carbocycles. The molecule has 1 rings (SSSR count). The molecule has 0 aliphatic rings. The first-order valence-corrected chi connectivity index (χ1v) is 4.42. The van der Waals surface area contributed by atoms with E-state index in [4.69, 9.17) is 16.7 Å². The lowest BCUT2D eigenvalue weighted by molar-refractivity contribution is -0.138. The van der Waals surface area contributed by atoms with Crippen molar-refractivity contribution < 1.29 is 27.1 Å². The van der Waals surface area contributed by atoms with Gasteiger partial charge in [0.2, 0.25) is 0 Å².